The first kappa shape index (κ1) is 17.9. The van der Waals surface area contributed by atoms with Gasteiger partial charge in [0.25, 0.3) is 0 Å². The lowest BCUT2D eigenvalue weighted by Crippen LogP contribution is -2.03. The third-order valence-electron chi connectivity index (χ3n) is 4.10. The SMILES string of the molecule is Cc1nn(-c2ccccc2)c(CSc2nnnn2-c2cccc(F)c2)c1C#N. The first-order chi connectivity index (χ1) is 13.7. The summed E-state index contributed by atoms with van der Waals surface area (Å²) >= 11 is 1.35. The molecule has 0 saturated carbocycles. The fourth-order valence-electron chi connectivity index (χ4n) is 2.81. The standard InChI is InChI=1S/C19H14FN7S/c1-13-17(11-21)18(26(23-13)15-7-3-2-4-8-15)12-28-19-22-24-25-27(19)16-9-5-6-14(20)10-16/h2-10H,12H2,1H3. The van der Waals surface area contributed by atoms with Crippen LogP contribution in [-0.4, -0.2) is 30.0 Å². The zero-order valence-electron chi connectivity index (χ0n) is 14.8. The summed E-state index contributed by atoms with van der Waals surface area (Å²) in [4.78, 5) is 0. The predicted molar refractivity (Wildman–Crippen MR) is 102 cm³/mol. The van der Waals surface area contributed by atoms with E-state index in [2.05, 4.69) is 26.7 Å². The molecule has 0 N–H and O–H groups in total. The number of para-hydroxylation sites is 1. The summed E-state index contributed by atoms with van der Waals surface area (Å²) in [6, 6.07) is 17.9. The number of nitriles is 1. The number of rotatable bonds is 5. The van der Waals surface area contributed by atoms with Gasteiger partial charge in [0.2, 0.25) is 5.16 Å². The van der Waals surface area contributed by atoms with Crippen molar-refractivity contribution in [2.75, 3.05) is 0 Å². The van der Waals surface area contributed by atoms with E-state index in [-0.39, 0.29) is 5.82 Å². The van der Waals surface area contributed by atoms with Crippen LogP contribution >= 0.6 is 11.8 Å². The summed E-state index contributed by atoms with van der Waals surface area (Å²) in [6.45, 7) is 1.81. The van der Waals surface area contributed by atoms with E-state index in [0.29, 0.717) is 27.9 Å². The lowest BCUT2D eigenvalue weighted by Gasteiger charge is -2.08. The smallest absolute Gasteiger partial charge is 0.214 e. The summed E-state index contributed by atoms with van der Waals surface area (Å²) in [7, 11) is 0. The van der Waals surface area contributed by atoms with E-state index >= 15 is 0 Å². The molecule has 2 aromatic heterocycles. The molecule has 0 spiro atoms. The second-order valence-corrected chi connectivity index (χ2v) is 6.85. The first-order valence-corrected chi connectivity index (χ1v) is 9.37. The van der Waals surface area contributed by atoms with Crippen LogP contribution in [0.25, 0.3) is 11.4 Å². The van der Waals surface area contributed by atoms with E-state index in [0.717, 1.165) is 11.4 Å². The van der Waals surface area contributed by atoms with Crippen LogP contribution in [0.2, 0.25) is 0 Å². The minimum Gasteiger partial charge on any atom is -0.235 e. The molecule has 0 aliphatic heterocycles. The Morgan fingerprint density at radius 3 is 2.61 bits per heavy atom. The Bertz CT molecular complexity index is 1160. The number of thioether (sulfide) groups is 1. The fraction of sp³-hybridized carbons (Fsp3) is 0.105. The molecule has 7 nitrogen and oxygen atoms in total. The zero-order valence-corrected chi connectivity index (χ0v) is 15.6. The zero-order chi connectivity index (χ0) is 19.5. The van der Waals surface area contributed by atoms with Crippen LogP contribution < -0.4 is 0 Å². The summed E-state index contributed by atoms with van der Waals surface area (Å²) in [5.41, 5.74) is 3.34. The van der Waals surface area contributed by atoms with Gasteiger partial charge in [-0.05, 0) is 47.7 Å². The van der Waals surface area contributed by atoms with Gasteiger partial charge >= 0.3 is 0 Å². The van der Waals surface area contributed by atoms with Crippen LogP contribution in [0.1, 0.15) is 17.0 Å². The van der Waals surface area contributed by atoms with Crippen molar-refractivity contribution in [2.45, 2.75) is 17.8 Å². The first-order valence-electron chi connectivity index (χ1n) is 8.38. The third-order valence-corrected chi connectivity index (χ3v) is 5.03. The van der Waals surface area contributed by atoms with Crippen molar-refractivity contribution < 1.29 is 4.39 Å². The molecule has 4 rings (SSSR count). The molecule has 0 atom stereocenters. The van der Waals surface area contributed by atoms with Gasteiger partial charge in [-0.1, -0.05) is 36.0 Å². The molecule has 0 saturated heterocycles. The maximum Gasteiger partial charge on any atom is 0.214 e. The van der Waals surface area contributed by atoms with Crippen LogP contribution in [0.5, 0.6) is 0 Å². The molecule has 9 heteroatoms. The summed E-state index contributed by atoms with van der Waals surface area (Å²) in [5.74, 6) is 0.0578. The highest BCUT2D eigenvalue weighted by atomic mass is 32.2. The van der Waals surface area contributed by atoms with Crippen molar-refractivity contribution in [1.82, 2.24) is 30.0 Å². The number of halogens is 1. The van der Waals surface area contributed by atoms with Gasteiger partial charge in [-0.3, -0.25) is 0 Å². The Kier molecular flexibility index (Phi) is 4.87. The van der Waals surface area contributed by atoms with Gasteiger partial charge in [-0.25, -0.2) is 9.07 Å². The van der Waals surface area contributed by atoms with Gasteiger partial charge in [0.05, 0.1) is 28.3 Å². The van der Waals surface area contributed by atoms with Crippen LogP contribution in [0.15, 0.2) is 59.8 Å². The molecular weight excluding hydrogens is 377 g/mol. The average molecular weight is 391 g/mol. The Morgan fingerprint density at radius 1 is 1.07 bits per heavy atom. The van der Waals surface area contributed by atoms with Crippen LogP contribution in [0, 0.1) is 24.1 Å². The minimum atomic E-state index is -0.367. The topological polar surface area (TPSA) is 85.2 Å². The molecule has 2 heterocycles. The van der Waals surface area contributed by atoms with Crippen molar-refractivity contribution in [3.05, 3.63) is 77.4 Å². The van der Waals surface area contributed by atoms with Crippen molar-refractivity contribution in [2.24, 2.45) is 0 Å². The van der Waals surface area contributed by atoms with E-state index in [1.54, 1.807) is 16.8 Å². The van der Waals surface area contributed by atoms with E-state index in [1.807, 2.05) is 37.3 Å². The van der Waals surface area contributed by atoms with E-state index < -0.39 is 0 Å². The minimum absolute atomic E-state index is 0.367. The number of aryl methyl sites for hydroxylation is 1. The third kappa shape index (κ3) is 3.37. The van der Waals surface area contributed by atoms with Crippen LogP contribution in [-0.2, 0) is 5.75 Å². The van der Waals surface area contributed by atoms with Gasteiger partial charge in [-0.15, -0.1) is 5.10 Å². The number of tetrazole rings is 1. The van der Waals surface area contributed by atoms with Crippen LogP contribution in [0.3, 0.4) is 0 Å². The maximum atomic E-state index is 13.5. The molecule has 0 amide bonds. The molecule has 0 unspecified atom stereocenters. The molecule has 138 valence electrons. The van der Waals surface area contributed by atoms with Crippen molar-refractivity contribution in [1.29, 1.82) is 5.26 Å². The van der Waals surface area contributed by atoms with Crippen molar-refractivity contribution in [3.63, 3.8) is 0 Å². The van der Waals surface area contributed by atoms with Gasteiger partial charge in [-0.2, -0.15) is 15.0 Å². The molecule has 0 aliphatic carbocycles. The average Bonchev–Trinajstić information content (AvgIpc) is 3.30. The number of nitrogens with zero attached hydrogens (tertiary/aromatic N) is 7. The summed E-state index contributed by atoms with van der Waals surface area (Å²) < 4.78 is 16.8. The van der Waals surface area contributed by atoms with Gasteiger partial charge in [0.1, 0.15) is 11.9 Å². The molecule has 0 aliphatic rings. The largest absolute Gasteiger partial charge is 0.235 e. The Morgan fingerprint density at radius 2 is 1.86 bits per heavy atom. The molecular formula is C19H14FN7S. The Hall–Kier alpha value is -3.51. The quantitative estimate of drug-likeness (QED) is 0.484. The van der Waals surface area contributed by atoms with E-state index in [1.165, 1.54) is 28.6 Å². The fourth-order valence-corrected chi connectivity index (χ4v) is 3.70. The maximum absolute atomic E-state index is 13.5. The van der Waals surface area contributed by atoms with E-state index in [9.17, 15) is 9.65 Å². The highest BCUT2D eigenvalue weighted by Crippen LogP contribution is 2.27. The number of hydrogen-bond acceptors (Lipinski definition) is 6. The van der Waals surface area contributed by atoms with E-state index in [4.69, 9.17) is 0 Å². The van der Waals surface area contributed by atoms with Gasteiger partial charge < -0.3 is 0 Å². The normalized spacial score (nSPS) is 10.8. The highest BCUT2D eigenvalue weighted by molar-refractivity contribution is 7.98. The molecule has 0 radical (unpaired) electrons. The van der Waals surface area contributed by atoms with Crippen molar-refractivity contribution >= 4 is 11.8 Å². The Labute approximate surface area is 164 Å². The molecule has 28 heavy (non-hydrogen) atoms. The number of benzene rings is 2. The second kappa shape index (κ2) is 7.62. The lowest BCUT2D eigenvalue weighted by molar-refractivity contribution is 0.623. The summed E-state index contributed by atoms with van der Waals surface area (Å²) in [6.07, 6.45) is 0. The monoisotopic (exact) mass is 391 g/mol. The van der Waals surface area contributed by atoms with Gasteiger partial charge in [0.15, 0.2) is 0 Å². The predicted octanol–water partition coefficient (Wildman–Crippen LogP) is 3.46. The number of hydrogen-bond donors (Lipinski definition) is 0. The molecule has 0 bridgehead atoms. The molecule has 4 aromatic rings. The lowest BCUT2D eigenvalue weighted by atomic mass is 10.2. The second-order valence-electron chi connectivity index (χ2n) is 5.91. The van der Waals surface area contributed by atoms with Crippen LogP contribution in [0.4, 0.5) is 4.39 Å². The summed E-state index contributed by atoms with van der Waals surface area (Å²) in [5, 5.41) is 26.3. The molecule has 2 aromatic carbocycles. The molecule has 0 fully saturated rings. The van der Waals surface area contributed by atoms with Crippen molar-refractivity contribution in [3.8, 4) is 17.4 Å². The highest BCUT2D eigenvalue weighted by Gasteiger charge is 2.18. The number of aromatic nitrogens is 6. The Balaban J connectivity index is 1.67. The van der Waals surface area contributed by atoms with Gasteiger partial charge in [0, 0.05) is 5.75 Å².